The molecule has 0 unspecified atom stereocenters. The monoisotopic (exact) mass is 328 g/mol. The first-order valence-corrected chi connectivity index (χ1v) is 8.14. The molecule has 0 radical (unpaired) electrons. The minimum Gasteiger partial charge on any atom is -0.338 e. The molecule has 7 heteroatoms. The highest BCUT2D eigenvalue weighted by molar-refractivity contribution is 5.88. The molecule has 1 aromatic rings. The molecule has 2 rings (SSSR count). The quantitative estimate of drug-likeness (QED) is 0.878. The second-order valence-electron chi connectivity index (χ2n) is 7.27. The van der Waals surface area contributed by atoms with E-state index in [1.165, 1.54) is 0 Å². The number of halogens is 2. The molecular formula is C16H26F2N4O. The number of carbonyl (C=O) groups is 1. The summed E-state index contributed by atoms with van der Waals surface area (Å²) in [5.41, 5.74) is -0.223. The van der Waals surface area contributed by atoms with Crippen LogP contribution in [-0.2, 0) is 5.54 Å². The average molecular weight is 328 g/mol. The number of nitrogens with zero attached hydrogens (tertiary/aromatic N) is 2. The normalized spacial score (nSPS) is 18.7. The highest BCUT2D eigenvalue weighted by atomic mass is 19.3. The predicted molar refractivity (Wildman–Crippen MR) is 85.8 cm³/mol. The van der Waals surface area contributed by atoms with Crippen LogP contribution in [0.25, 0.3) is 0 Å². The lowest BCUT2D eigenvalue weighted by Crippen LogP contribution is -2.34. The first kappa shape index (κ1) is 17.7. The highest BCUT2D eigenvalue weighted by Gasteiger charge is 2.34. The van der Waals surface area contributed by atoms with Gasteiger partial charge >= 0.3 is 6.03 Å². The molecule has 0 aromatic carbocycles. The second-order valence-corrected chi connectivity index (χ2v) is 7.27. The number of alkyl halides is 2. The molecule has 0 bridgehead atoms. The standard InChI is InChI=1S/C16H26F2N4O/c1-15(2,3)22-13(7-11-20-22)21-14(23)19-10-6-12-4-8-16(17,18)9-5-12/h7,11-12H,4-6,8-10H2,1-3H3,(H2,19,21,23). The van der Waals surface area contributed by atoms with Crippen molar-refractivity contribution in [3.05, 3.63) is 12.3 Å². The Kier molecular flexibility index (Phi) is 5.26. The van der Waals surface area contributed by atoms with Crippen molar-refractivity contribution in [1.82, 2.24) is 15.1 Å². The predicted octanol–water partition coefficient (Wildman–Crippen LogP) is 3.98. The summed E-state index contributed by atoms with van der Waals surface area (Å²) in [6.45, 7) is 6.50. The van der Waals surface area contributed by atoms with Gasteiger partial charge in [0.2, 0.25) is 5.92 Å². The van der Waals surface area contributed by atoms with Crippen LogP contribution in [0.15, 0.2) is 12.3 Å². The van der Waals surface area contributed by atoms with Crippen molar-refractivity contribution in [2.24, 2.45) is 5.92 Å². The van der Waals surface area contributed by atoms with Gasteiger partial charge in [0.15, 0.2) is 0 Å². The van der Waals surface area contributed by atoms with Crippen LogP contribution in [0.5, 0.6) is 0 Å². The molecule has 2 N–H and O–H groups in total. The Morgan fingerprint density at radius 2 is 2.04 bits per heavy atom. The summed E-state index contributed by atoms with van der Waals surface area (Å²) in [4.78, 5) is 12.0. The van der Waals surface area contributed by atoms with Gasteiger partial charge in [0.25, 0.3) is 0 Å². The number of aromatic nitrogens is 2. The van der Waals surface area contributed by atoms with E-state index < -0.39 is 5.92 Å². The van der Waals surface area contributed by atoms with E-state index in [0.29, 0.717) is 25.2 Å². The zero-order chi connectivity index (χ0) is 17.1. The van der Waals surface area contributed by atoms with Crippen LogP contribution < -0.4 is 10.6 Å². The number of hydrogen-bond acceptors (Lipinski definition) is 2. The molecule has 23 heavy (non-hydrogen) atoms. The first-order valence-electron chi connectivity index (χ1n) is 8.14. The molecule has 1 saturated carbocycles. The molecule has 5 nitrogen and oxygen atoms in total. The molecule has 130 valence electrons. The molecule has 0 spiro atoms. The smallest absolute Gasteiger partial charge is 0.320 e. The molecule has 0 atom stereocenters. The van der Waals surface area contributed by atoms with Gasteiger partial charge in [-0.3, -0.25) is 5.32 Å². The Bertz CT molecular complexity index is 526. The minimum absolute atomic E-state index is 0.0331. The lowest BCUT2D eigenvalue weighted by atomic mass is 9.85. The van der Waals surface area contributed by atoms with Gasteiger partial charge in [0.1, 0.15) is 5.82 Å². The topological polar surface area (TPSA) is 59.0 Å². The minimum atomic E-state index is -2.49. The van der Waals surface area contributed by atoms with Crippen molar-refractivity contribution >= 4 is 11.8 Å². The maximum atomic E-state index is 13.1. The van der Waals surface area contributed by atoms with E-state index in [4.69, 9.17) is 0 Å². The maximum Gasteiger partial charge on any atom is 0.320 e. The molecule has 1 aromatic heterocycles. The van der Waals surface area contributed by atoms with Crippen LogP contribution in [0.1, 0.15) is 52.9 Å². The number of nitrogens with one attached hydrogen (secondary N) is 2. The van der Waals surface area contributed by atoms with E-state index in [2.05, 4.69) is 15.7 Å². The molecule has 2 amide bonds. The van der Waals surface area contributed by atoms with Crippen molar-refractivity contribution in [1.29, 1.82) is 0 Å². The van der Waals surface area contributed by atoms with Gasteiger partial charge < -0.3 is 5.32 Å². The van der Waals surface area contributed by atoms with Gasteiger partial charge in [-0.1, -0.05) is 0 Å². The van der Waals surface area contributed by atoms with Gasteiger partial charge in [0, 0.05) is 25.5 Å². The molecule has 1 heterocycles. The number of rotatable bonds is 4. The van der Waals surface area contributed by atoms with E-state index in [9.17, 15) is 13.6 Å². The Balaban J connectivity index is 1.73. The SMILES string of the molecule is CC(C)(C)n1nccc1NC(=O)NCCC1CCC(F)(F)CC1. The fourth-order valence-electron chi connectivity index (χ4n) is 2.87. The van der Waals surface area contributed by atoms with Gasteiger partial charge in [-0.2, -0.15) is 5.10 Å². The first-order chi connectivity index (χ1) is 10.7. The maximum absolute atomic E-state index is 13.1. The summed E-state index contributed by atoms with van der Waals surface area (Å²) in [5.74, 6) is -1.59. The fraction of sp³-hybridized carbons (Fsp3) is 0.750. The van der Waals surface area contributed by atoms with Crippen LogP contribution >= 0.6 is 0 Å². The van der Waals surface area contributed by atoms with Crippen LogP contribution in [0, 0.1) is 5.92 Å². The Labute approximate surface area is 135 Å². The summed E-state index contributed by atoms with van der Waals surface area (Å²) < 4.78 is 27.9. The lowest BCUT2D eigenvalue weighted by molar-refractivity contribution is -0.0463. The van der Waals surface area contributed by atoms with Gasteiger partial charge in [-0.05, 0) is 46.0 Å². The van der Waals surface area contributed by atoms with Crippen LogP contribution in [-0.4, -0.2) is 28.3 Å². The van der Waals surface area contributed by atoms with E-state index in [0.717, 1.165) is 6.42 Å². The number of hydrogen-bond donors (Lipinski definition) is 2. The summed E-state index contributed by atoms with van der Waals surface area (Å²) >= 11 is 0. The third kappa shape index (κ3) is 5.18. The highest BCUT2D eigenvalue weighted by Crippen LogP contribution is 2.37. The van der Waals surface area contributed by atoms with Crippen LogP contribution in [0.3, 0.4) is 0 Å². The molecular weight excluding hydrogens is 302 g/mol. The Hall–Kier alpha value is -1.66. The third-order valence-electron chi connectivity index (χ3n) is 4.19. The zero-order valence-corrected chi connectivity index (χ0v) is 14.0. The van der Waals surface area contributed by atoms with Gasteiger partial charge in [-0.15, -0.1) is 0 Å². The molecule has 0 saturated heterocycles. The average Bonchev–Trinajstić information content (AvgIpc) is 2.89. The van der Waals surface area contributed by atoms with Crippen molar-refractivity contribution in [3.63, 3.8) is 0 Å². The Morgan fingerprint density at radius 1 is 1.39 bits per heavy atom. The van der Waals surface area contributed by atoms with E-state index in [-0.39, 0.29) is 30.3 Å². The summed E-state index contributed by atoms with van der Waals surface area (Å²) in [5, 5.41) is 9.78. The molecule has 0 aliphatic heterocycles. The van der Waals surface area contributed by atoms with E-state index in [1.807, 2.05) is 20.8 Å². The van der Waals surface area contributed by atoms with E-state index >= 15 is 0 Å². The van der Waals surface area contributed by atoms with Crippen LogP contribution in [0.4, 0.5) is 19.4 Å². The number of urea groups is 1. The summed E-state index contributed by atoms with van der Waals surface area (Å²) in [6.07, 6.45) is 3.38. The van der Waals surface area contributed by atoms with Crippen molar-refractivity contribution in [2.75, 3.05) is 11.9 Å². The fourth-order valence-corrected chi connectivity index (χ4v) is 2.87. The number of anilines is 1. The Morgan fingerprint density at radius 3 is 2.65 bits per heavy atom. The van der Waals surface area contributed by atoms with E-state index in [1.54, 1.807) is 16.9 Å². The summed E-state index contributed by atoms with van der Waals surface area (Å²) in [7, 11) is 0. The summed E-state index contributed by atoms with van der Waals surface area (Å²) in [6, 6.07) is 1.45. The van der Waals surface area contributed by atoms with Crippen LogP contribution in [0.2, 0.25) is 0 Å². The third-order valence-corrected chi connectivity index (χ3v) is 4.19. The number of amides is 2. The van der Waals surface area contributed by atoms with Crippen molar-refractivity contribution < 1.29 is 13.6 Å². The molecule has 1 aliphatic carbocycles. The molecule has 1 fully saturated rings. The molecule has 1 aliphatic rings. The second kappa shape index (κ2) is 6.84. The largest absolute Gasteiger partial charge is 0.338 e. The zero-order valence-electron chi connectivity index (χ0n) is 14.0. The van der Waals surface area contributed by atoms with Crippen molar-refractivity contribution in [2.45, 2.75) is 64.3 Å². The van der Waals surface area contributed by atoms with Gasteiger partial charge in [0.05, 0.1) is 11.7 Å². The van der Waals surface area contributed by atoms with Gasteiger partial charge in [-0.25, -0.2) is 18.3 Å². The number of carbonyl (C=O) groups excluding carboxylic acids is 1. The lowest BCUT2D eigenvalue weighted by Gasteiger charge is -2.28. The van der Waals surface area contributed by atoms with Crippen molar-refractivity contribution in [3.8, 4) is 0 Å².